The van der Waals surface area contributed by atoms with Crippen molar-refractivity contribution in [1.82, 2.24) is 19.8 Å². The van der Waals surface area contributed by atoms with E-state index in [0.717, 1.165) is 44.0 Å². The summed E-state index contributed by atoms with van der Waals surface area (Å²) < 4.78 is 43.7. The fourth-order valence-corrected chi connectivity index (χ4v) is 5.25. The Morgan fingerprint density at radius 3 is 2.66 bits per heavy atom. The molecule has 0 amide bonds. The lowest BCUT2D eigenvalue weighted by molar-refractivity contribution is 0.248. The molecule has 1 aromatic carbocycles. The van der Waals surface area contributed by atoms with Crippen molar-refractivity contribution < 1.29 is 22.4 Å². The summed E-state index contributed by atoms with van der Waals surface area (Å²) in [6, 6.07) is 4.09. The Hall–Kier alpha value is -2.40. The number of rotatable bonds is 9. The number of benzene rings is 1. The second kappa shape index (κ2) is 9.62. The van der Waals surface area contributed by atoms with Crippen LogP contribution in [0.25, 0.3) is 11.0 Å². The Labute approximate surface area is 191 Å². The highest BCUT2D eigenvalue weighted by Crippen LogP contribution is 2.33. The molecular formula is C21H25ClN4O5S. The maximum atomic E-state index is 12.7. The third kappa shape index (κ3) is 4.68. The van der Waals surface area contributed by atoms with Crippen molar-refractivity contribution in [3.05, 3.63) is 40.7 Å². The fourth-order valence-electron chi connectivity index (χ4n) is 3.89. The number of halogens is 1. The van der Waals surface area contributed by atoms with E-state index >= 15 is 0 Å². The van der Waals surface area contributed by atoms with Gasteiger partial charge in [-0.05, 0) is 49.1 Å². The van der Waals surface area contributed by atoms with Gasteiger partial charge in [-0.3, -0.25) is 4.90 Å². The molecule has 4 rings (SSSR count). The van der Waals surface area contributed by atoms with Crippen molar-refractivity contribution >= 4 is 32.6 Å². The first-order valence-corrected chi connectivity index (χ1v) is 12.1. The molecule has 0 spiro atoms. The Morgan fingerprint density at radius 2 is 1.91 bits per heavy atom. The van der Waals surface area contributed by atoms with Gasteiger partial charge >= 0.3 is 0 Å². The Kier molecular flexibility index (Phi) is 6.85. The molecule has 0 saturated carbocycles. The number of unbranched alkanes of at least 4 members (excludes halogenated alkanes) is 1. The number of nitrogens with zero attached hydrogens (tertiary/aromatic N) is 3. The first kappa shape index (κ1) is 22.8. The molecule has 3 heterocycles. The third-order valence-corrected chi connectivity index (χ3v) is 7.25. The zero-order valence-corrected chi connectivity index (χ0v) is 19.5. The van der Waals surface area contributed by atoms with Gasteiger partial charge in [-0.15, -0.1) is 0 Å². The maximum absolute atomic E-state index is 12.7. The number of aromatic nitrogens is 2. The number of nitrogens with one attached hydrogen (secondary N) is 1. The molecule has 0 fully saturated rings. The summed E-state index contributed by atoms with van der Waals surface area (Å²) in [5.41, 5.74) is 2.73. The third-order valence-electron chi connectivity index (χ3n) is 5.56. The van der Waals surface area contributed by atoms with Crippen LogP contribution in [0.5, 0.6) is 11.5 Å². The lowest BCUT2D eigenvalue weighted by Gasteiger charge is -2.29. The predicted octanol–water partition coefficient (Wildman–Crippen LogP) is 3.01. The summed E-state index contributed by atoms with van der Waals surface area (Å²) >= 11 is 5.97. The van der Waals surface area contributed by atoms with Crippen LogP contribution in [0.3, 0.4) is 0 Å². The molecule has 0 bridgehead atoms. The predicted molar refractivity (Wildman–Crippen MR) is 120 cm³/mol. The summed E-state index contributed by atoms with van der Waals surface area (Å²) in [5.74, 6) is 1.49. The number of pyridine rings is 1. The molecule has 1 aliphatic heterocycles. The van der Waals surface area contributed by atoms with Crippen LogP contribution in [-0.4, -0.2) is 57.3 Å². The molecule has 0 radical (unpaired) electrons. The first-order valence-electron chi connectivity index (χ1n) is 10.3. The molecule has 0 atom stereocenters. The van der Waals surface area contributed by atoms with E-state index in [9.17, 15) is 8.42 Å². The average molecular weight is 481 g/mol. The van der Waals surface area contributed by atoms with Crippen LogP contribution >= 0.6 is 11.6 Å². The molecule has 2 aromatic heterocycles. The van der Waals surface area contributed by atoms with Gasteiger partial charge in [0.15, 0.2) is 22.1 Å². The molecular weight excluding hydrogens is 456 g/mol. The molecule has 172 valence electrons. The second-order valence-electron chi connectivity index (χ2n) is 7.59. The largest absolute Gasteiger partial charge is 0.493 e. The van der Waals surface area contributed by atoms with E-state index in [1.807, 2.05) is 6.07 Å². The monoisotopic (exact) mass is 480 g/mol. The lowest BCUT2D eigenvalue weighted by Crippen LogP contribution is -2.32. The van der Waals surface area contributed by atoms with Crippen molar-refractivity contribution in [2.45, 2.75) is 30.8 Å². The Balaban J connectivity index is 1.29. The van der Waals surface area contributed by atoms with Crippen LogP contribution in [0.1, 0.15) is 24.0 Å². The quantitative estimate of drug-likeness (QED) is 0.466. The summed E-state index contributed by atoms with van der Waals surface area (Å²) in [7, 11) is -0.510. The average Bonchev–Trinajstić information content (AvgIpc) is 3.28. The van der Waals surface area contributed by atoms with Crippen LogP contribution in [0, 0.1) is 0 Å². The highest BCUT2D eigenvalue weighted by atomic mass is 35.5. The van der Waals surface area contributed by atoms with Gasteiger partial charge < -0.3 is 14.0 Å². The number of sulfonamides is 1. The number of ether oxygens (including phenoxy) is 2. The van der Waals surface area contributed by atoms with Crippen LogP contribution in [-0.2, 0) is 23.0 Å². The normalized spacial score (nSPS) is 14.5. The van der Waals surface area contributed by atoms with Crippen LogP contribution in [0.2, 0.25) is 5.02 Å². The lowest BCUT2D eigenvalue weighted by atomic mass is 9.98. The summed E-state index contributed by atoms with van der Waals surface area (Å²) in [4.78, 5) is 6.33. The van der Waals surface area contributed by atoms with Crippen LogP contribution in [0.4, 0.5) is 0 Å². The second-order valence-corrected chi connectivity index (χ2v) is 9.68. The van der Waals surface area contributed by atoms with E-state index in [1.165, 1.54) is 23.5 Å². The molecule has 0 unspecified atom stereocenters. The zero-order chi connectivity index (χ0) is 22.7. The first-order chi connectivity index (χ1) is 15.4. The summed E-state index contributed by atoms with van der Waals surface area (Å²) in [5, 5.41) is 3.98. The number of methoxy groups -OCH3 is 2. The van der Waals surface area contributed by atoms with Crippen molar-refractivity contribution in [2.75, 3.05) is 33.9 Å². The molecule has 11 heteroatoms. The minimum Gasteiger partial charge on any atom is -0.493 e. The molecule has 1 N–H and O–H groups in total. The van der Waals surface area contributed by atoms with E-state index in [0.29, 0.717) is 13.0 Å². The standard InChI is InChI=1S/C21H25ClN4O5S/c1-29-18-9-14-5-8-26(13-15(14)10-19(18)30-2)7-4-3-6-25-32(27,28)21-16-11-24-31-20(16)17(22)12-23-21/h9-12,25H,3-8,13H2,1-2H3. The minimum atomic E-state index is -3.79. The van der Waals surface area contributed by atoms with E-state index in [2.05, 4.69) is 25.8 Å². The molecule has 1 aliphatic rings. The van der Waals surface area contributed by atoms with Crippen molar-refractivity contribution in [1.29, 1.82) is 0 Å². The van der Waals surface area contributed by atoms with Gasteiger partial charge in [-0.1, -0.05) is 16.8 Å². The van der Waals surface area contributed by atoms with Crippen molar-refractivity contribution in [2.24, 2.45) is 0 Å². The van der Waals surface area contributed by atoms with Gasteiger partial charge in [-0.25, -0.2) is 18.1 Å². The maximum Gasteiger partial charge on any atom is 0.258 e. The number of hydrogen-bond donors (Lipinski definition) is 1. The summed E-state index contributed by atoms with van der Waals surface area (Å²) in [6.07, 6.45) is 5.07. The highest BCUT2D eigenvalue weighted by Gasteiger charge is 2.23. The van der Waals surface area contributed by atoms with Gasteiger partial charge in [0, 0.05) is 19.6 Å². The minimum absolute atomic E-state index is 0.129. The van der Waals surface area contributed by atoms with Crippen LogP contribution < -0.4 is 14.2 Å². The zero-order valence-electron chi connectivity index (χ0n) is 17.9. The highest BCUT2D eigenvalue weighted by molar-refractivity contribution is 7.89. The van der Waals surface area contributed by atoms with E-state index in [1.54, 1.807) is 14.2 Å². The number of hydrogen-bond acceptors (Lipinski definition) is 8. The molecule has 32 heavy (non-hydrogen) atoms. The fraction of sp³-hybridized carbons (Fsp3) is 0.429. The van der Waals surface area contributed by atoms with E-state index < -0.39 is 10.0 Å². The Bertz CT molecular complexity index is 1210. The van der Waals surface area contributed by atoms with E-state index in [4.69, 9.17) is 25.6 Å². The molecule has 0 saturated heterocycles. The van der Waals surface area contributed by atoms with Crippen LogP contribution in [0.15, 0.2) is 34.1 Å². The molecule has 9 nitrogen and oxygen atoms in total. The van der Waals surface area contributed by atoms with Gasteiger partial charge in [0.25, 0.3) is 10.0 Å². The van der Waals surface area contributed by atoms with Gasteiger partial charge in [0.1, 0.15) is 5.02 Å². The van der Waals surface area contributed by atoms with E-state index in [-0.39, 0.29) is 21.0 Å². The van der Waals surface area contributed by atoms with Gasteiger partial charge in [0.2, 0.25) is 0 Å². The van der Waals surface area contributed by atoms with Gasteiger partial charge in [0.05, 0.1) is 32.0 Å². The van der Waals surface area contributed by atoms with Gasteiger partial charge in [-0.2, -0.15) is 0 Å². The Morgan fingerprint density at radius 1 is 1.16 bits per heavy atom. The molecule has 0 aliphatic carbocycles. The summed E-state index contributed by atoms with van der Waals surface area (Å²) in [6.45, 7) is 2.98. The van der Waals surface area contributed by atoms with Crippen molar-refractivity contribution in [3.8, 4) is 11.5 Å². The number of fused-ring (bicyclic) bond motifs is 2. The van der Waals surface area contributed by atoms with Crippen molar-refractivity contribution in [3.63, 3.8) is 0 Å². The smallest absolute Gasteiger partial charge is 0.258 e. The SMILES string of the molecule is COc1cc2c(cc1OC)CN(CCCCNS(=O)(=O)c1ncc(Cl)c3oncc13)CC2. The topological polar surface area (TPSA) is 107 Å². The molecule has 3 aromatic rings.